The highest BCUT2D eigenvalue weighted by Crippen LogP contribution is 2.31. The third-order valence-electron chi connectivity index (χ3n) is 5.86. The monoisotopic (exact) mass is 606 g/mol. The molecule has 0 radical (unpaired) electrons. The van der Waals surface area contributed by atoms with E-state index in [-0.39, 0.29) is 17.6 Å². The fourth-order valence-corrected chi connectivity index (χ4v) is 3.76. The van der Waals surface area contributed by atoms with Crippen LogP contribution in [0.5, 0.6) is 17.2 Å². The Hall–Kier alpha value is -4.56. The van der Waals surface area contributed by atoms with Gasteiger partial charge in [-0.15, -0.1) is 0 Å². The zero-order valence-electron chi connectivity index (χ0n) is 25.0. The molecule has 226 valence electrons. The molecular formula is C34H35ClO8. The summed E-state index contributed by atoms with van der Waals surface area (Å²) in [5.41, 5.74) is 1.06. The summed E-state index contributed by atoms with van der Waals surface area (Å²) in [4.78, 5) is 35.6. The molecule has 0 fully saturated rings. The van der Waals surface area contributed by atoms with Gasteiger partial charge in [0.2, 0.25) is 0 Å². The van der Waals surface area contributed by atoms with Gasteiger partial charge in [0.15, 0.2) is 22.9 Å². The van der Waals surface area contributed by atoms with Crippen LogP contribution in [-0.4, -0.2) is 35.2 Å². The van der Waals surface area contributed by atoms with Crippen LogP contribution >= 0.6 is 11.6 Å². The lowest BCUT2D eigenvalue weighted by Crippen LogP contribution is -2.40. The van der Waals surface area contributed by atoms with Crippen LogP contribution in [0.1, 0.15) is 57.5 Å². The van der Waals surface area contributed by atoms with Crippen LogP contribution < -0.4 is 15.1 Å². The quantitative estimate of drug-likeness (QED) is 0.0900. The van der Waals surface area contributed by atoms with Crippen molar-refractivity contribution < 1.29 is 33.3 Å². The number of benzene rings is 3. The van der Waals surface area contributed by atoms with Gasteiger partial charge >= 0.3 is 11.6 Å². The third kappa shape index (κ3) is 9.75. The predicted octanol–water partition coefficient (Wildman–Crippen LogP) is 7.52. The van der Waals surface area contributed by atoms with E-state index in [1.807, 2.05) is 19.9 Å². The van der Waals surface area contributed by atoms with Crippen LogP contribution in [0.15, 0.2) is 93.7 Å². The number of ketones is 1. The number of carbonyl (C=O) groups excluding carboxylic acids is 2. The lowest BCUT2D eigenvalue weighted by atomic mass is 10.0. The highest BCUT2D eigenvalue weighted by molar-refractivity contribution is 6.30. The van der Waals surface area contributed by atoms with Crippen LogP contribution in [0.3, 0.4) is 0 Å². The maximum Gasteiger partial charge on any atom is 0.350 e. The van der Waals surface area contributed by atoms with Crippen LogP contribution in [0, 0.1) is 0 Å². The molecule has 0 spiro atoms. The van der Waals surface area contributed by atoms with Crippen molar-refractivity contribution >= 4 is 34.3 Å². The van der Waals surface area contributed by atoms with E-state index < -0.39 is 17.2 Å². The molecule has 4 aromatic rings. The van der Waals surface area contributed by atoms with Gasteiger partial charge < -0.3 is 23.7 Å². The molecule has 0 saturated carbocycles. The Labute approximate surface area is 255 Å². The minimum Gasteiger partial charge on any atom is -0.504 e. The molecule has 3 aromatic carbocycles. The summed E-state index contributed by atoms with van der Waals surface area (Å²) >= 11 is 5.84. The average Bonchev–Trinajstić information content (AvgIpc) is 2.93. The largest absolute Gasteiger partial charge is 0.504 e. The predicted molar refractivity (Wildman–Crippen MR) is 166 cm³/mol. The lowest BCUT2D eigenvalue weighted by Gasteiger charge is -2.25. The van der Waals surface area contributed by atoms with Crippen molar-refractivity contribution in [3.05, 3.63) is 111 Å². The molecule has 9 heteroatoms. The zero-order valence-corrected chi connectivity index (χ0v) is 25.7. The van der Waals surface area contributed by atoms with E-state index in [9.17, 15) is 19.5 Å². The number of rotatable bonds is 9. The number of carbonyl (C=O) groups is 2. The van der Waals surface area contributed by atoms with Crippen LogP contribution in [0.4, 0.5) is 0 Å². The molecule has 0 unspecified atom stereocenters. The van der Waals surface area contributed by atoms with Crippen LogP contribution in [0.25, 0.3) is 11.0 Å². The van der Waals surface area contributed by atoms with Gasteiger partial charge in [0.05, 0.1) is 6.10 Å². The number of fused-ring (bicyclic) bond motifs is 1. The summed E-state index contributed by atoms with van der Waals surface area (Å²) in [5, 5.41) is 11.0. The molecule has 0 aliphatic rings. The Morgan fingerprint density at radius 2 is 1.56 bits per heavy atom. The molecule has 1 heterocycles. The molecule has 4 rings (SSSR count). The van der Waals surface area contributed by atoms with Crippen molar-refractivity contribution in [2.45, 2.75) is 53.2 Å². The van der Waals surface area contributed by atoms with E-state index in [1.54, 1.807) is 82.3 Å². The average molecular weight is 607 g/mol. The lowest BCUT2D eigenvalue weighted by molar-refractivity contribution is -0.163. The van der Waals surface area contributed by atoms with Crippen molar-refractivity contribution in [1.82, 2.24) is 0 Å². The highest BCUT2D eigenvalue weighted by atomic mass is 35.5. The number of hydrogen-bond donors (Lipinski definition) is 1. The molecule has 0 aliphatic heterocycles. The van der Waals surface area contributed by atoms with Crippen molar-refractivity contribution in [3.8, 4) is 17.2 Å². The first-order valence-corrected chi connectivity index (χ1v) is 14.0. The van der Waals surface area contributed by atoms with E-state index in [2.05, 4.69) is 0 Å². The number of phenolic OH excluding ortho intramolecular Hbond substituents is 1. The highest BCUT2D eigenvalue weighted by Gasteiger charge is 2.32. The SMILES string of the molecule is CC(C)=CCOc1cc2oc(=O)ccc2cc1O.CC(C)OC(=O)C(C)(C)Oc1ccc(C(=O)c2ccc(Cl)cc2)cc1. The van der Waals surface area contributed by atoms with Crippen LogP contribution in [-0.2, 0) is 9.53 Å². The molecule has 43 heavy (non-hydrogen) atoms. The molecule has 0 bridgehead atoms. The number of allylic oxidation sites excluding steroid dienone is 1. The van der Waals surface area contributed by atoms with Crippen molar-refractivity contribution in [1.29, 1.82) is 0 Å². The van der Waals surface area contributed by atoms with Crippen molar-refractivity contribution in [2.75, 3.05) is 6.61 Å². The Bertz CT molecular complexity index is 1650. The first-order valence-electron chi connectivity index (χ1n) is 13.6. The van der Waals surface area contributed by atoms with Gasteiger partial charge in [-0.25, -0.2) is 9.59 Å². The molecule has 0 atom stereocenters. The Balaban J connectivity index is 0.000000248. The molecule has 8 nitrogen and oxygen atoms in total. The maximum absolute atomic E-state index is 12.4. The normalized spacial score (nSPS) is 10.9. The summed E-state index contributed by atoms with van der Waals surface area (Å²) in [6.07, 6.45) is 1.68. The van der Waals surface area contributed by atoms with Gasteiger partial charge in [-0.1, -0.05) is 17.2 Å². The number of hydrogen-bond acceptors (Lipinski definition) is 8. The van der Waals surface area contributed by atoms with Crippen molar-refractivity contribution in [2.24, 2.45) is 0 Å². The minimum atomic E-state index is -1.12. The van der Waals surface area contributed by atoms with Gasteiger partial charge in [-0.3, -0.25) is 4.79 Å². The number of halogens is 1. The summed E-state index contributed by atoms with van der Waals surface area (Å²) in [5.74, 6) is 0.261. The van der Waals surface area contributed by atoms with Crippen LogP contribution in [0.2, 0.25) is 5.02 Å². The van der Waals surface area contributed by atoms with Gasteiger partial charge in [0.1, 0.15) is 17.9 Å². The zero-order chi connectivity index (χ0) is 31.7. The van der Waals surface area contributed by atoms with E-state index in [4.69, 9.17) is 30.2 Å². The summed E-state index contributed by atoms with van der Waals surface area (Å²) < 4.78 is 21.3. The second-order valence-electron chi connectivity index (χ2n) is 10.6. The van der Waals surface area contributed by atoms with E-state index >= 15 is 0 Å². The van der Waals surface area contributed by atoms with Gasteiger partial charge in [0, 0.05) is 33.7 Å². The second kappa shape index (κ2) is 14.6. The van der Waals surface area contributed by atoms with E-state index in [0.29, 0.717) is 45.2 Å². The molecule has 1 aromatic heterocycles. The molecule has 0 saturated heterocycles. The first-order chi connectivity index (χ1) is 20.2. The minimum absolute atomic E-state index is 0.0264. The van der Waals surface area contributed by atoms with Gasteiger partial charge in [-0.05, 0) is 108 Å². The van der Waals surface area contributed by atoms with E-state index in [1.165, 1.54) is 18.2 Å². The fourth-order valence-electron chi connectivity index (χ4n) is 3.63. The number of aromatic hydroxyl groups is 1. The Kier molecular flexibility index (Phi) is 11.2. The van der Waals surface area contributed by atoms with E-state index in [0.717, 1.165) is 5.57 Å². The standard InChI is InChI=1S/C20H21ClO4.C14H14O4/c1-13(2)24-19(23)20(3,4)25-17-11-7-15(8-12-17)18(22)14-5-9-16(21)10-6-14;1-9(2)5-6-17-13-8-12-10(7-11(13)15)3-4-14(16)18-12/h5-13H,1-4H3;3-5,7-8,15H,6H2,1-2H3. The van der Waals surface area contributed by atoms with Gasteiger partial charge in [-0.2, -0.15) is 0 Å². The van der Waals surface area contributed by atoms with Gasteiger partial charge in [0.25, 0.3) is 0 Å². The smallest absolute Gasteiger partial charge is 0.350 e. The summed E-state index contributed by atoms with van der Waals surface area (Å²) in [6.45, 7) is 11.1. The summed E-state index contributed by atoms with van der Waals surface area (Å²) in [7, 11) is 0. The fraction of sp³-hybridized carbons (Fsp3) is 0.265. The molecule has 0 amide bonds. The Morgan fingerprint density at radius 1 is 0.953 bits per heavy atom. The van der Waals surface area contributed by atoms with Crippen molar-refractivity contribution in [3.63, 3.8) is 0 Å². The molecule has 0 aliphatic carbocycles. The Morgan fingerprint density at radius 3 is 2.14 bits per heavy atom. The number of esters is 1. The number of ether oxygens (including phenoxy) is 3. The molecule has 1 N–H and O–H groups in total. The summed E-state index contributed by atoms with van der Waals surface area (Å²) in [6, 6.07) is 19.3. The number of phenols is 1. The molecular weight excluding hydrogens is 572 g/mol. The first kappa shape index (κ1) is 32.9. The maximum atomic E-state index is 12.4. The topological polar surface area (TPSA) is 112 Å². The second-order valence-corrected chi connectivity index (χ2v) is 11.1. The third-order valence-corrected chi connectivity index (χ3v) is 6.11.